The number of alkyl halides is 6. The number of rotatable bonds is 0. The van der Waals surface area contributed by atoms with E-state index >= 15 is 0 Å². The summed E-state index contributed by atoms with van der Waals surface area (Å²) in [6.07, 6.45) is -11.4. The highest BCUT2D eigenvalue weighted by Crippen LogP contribution is 2.75. The molecule has 3 aromatic rings. The molecule has 0 atom stereocenters. The van der Waals surface area contributed by atoms with Crippen LogP contribution < -0.4 is 15.9 Å². The van der Waals surface area contributed by atoms with Crippen molar-refractivity contribution in [3.8, 4) is 11.1 Å². The van der Waals surface area contributed by atoms with Gasteiger partial charge in [0.1, 0.15) is 15.9 Å². The molecule has 0 aromatic heterocycles. The highest BCUT2D eigenvalue weighted by atomic mass is 31.2. The molecule has 2 heterocycles. The number of benzene rings is 3. The standard InChI is InChI=1S/C21H12F6OP/c22-20(23,24)19(21(25,26)27)15-9-3-6-12-18(15)29(28-19)16-10-4-1-7-13(16)14-8-2-5-11-17(14)29/h1-12H/q+1. The van der Waals surface area contributed by atoms with E-state index in [4.69, 9.17) is 4.52 Å². The fourth-order valence-electron chi connectivity index (χ4n) is 4.36. The number of hydrogen-bond donors (Lipinski definition) is 0. The molecule has 0 bridgehead atoms. The van der Waals surface area contributed by atoms with E-state index < -0.39 is 31.0 Å². The molecule has 148 valence electrons. The fraction of sp³-hybridized carbons (Fsp3) is 0.143. The molecule has 5 rings (SSSR count). The summed E-state index contributed by atoms with van der Waals surface area (Å²) in [5, 5.41) is 0.722. The van der Waals surface area contributed by atoms with E-state index in [0.717, 1.165) is 6.07 Å². The van der Waals surface area contributed by atoms with Crippen molar-refractivity contribution in [3.05, 3.63) is 78.4 Å². The second-order valence-electron chi connectivity index (χ2n) is 6.93. The van der Waals surface area contributed by atoms with Gasteiger partial charge in [0, 0.05) is 11.1 Å². The molecule has 0 saturated carbocycles. The molecular weight excluding hydrogens is 413 g/mol. The molecule has 0 radical (unpaired) electrons. The molecule has 0 unspecified atom stereocenters. The van der Waals surface area contributed by atoms with Crippen LogP contribution in [0.3, 0.4) is 0 Å². The summed E-state index contributed by atoms with van der Waals surface area (Å²) in [4.78, 5) is 0. The Morgan fingerprint density at radius 2 is 1.00 bits per heavy atom. The zero-order valence-electron chi connectivity index (χ0n) is 14.6. The summed E-state index contributed by atoms with van der Waals surface area (Å²) < 4.78 is 90.3. The second kappa shape index (κ2) is 5.61. The van der Waals surface area contributed by atoms with Crippen molar-refractivity contribution in [2.45, 2.75) is 18.0 Å². The minimum Gasteiger partial charge on any atom is -0.191 e. The third-order valence-electron chi connectivity index (χ3n) is 5.47. The van der Waals surface area contributed by atoms with E-state index in [9.17, 15) is 26.3 Å². The maximum absolute atomic E-state index is 14.2. The SMILES string of the molecule is FC(F)(F)C1(C(F)(F)F)O[P+]2(c3ccccc3-c3ccccc32)c2ccccc21. The van der Waals surface area contributed by atoms with Crippen LogP contribution in [0.4, 0.5) is 26.3 Å². The highest BCUT2D eigenvalue weighted by Gasteiger charge is 2.84. The van der Waals surface area contributed by atoms with Crippen molar-refractivity contribution < 1.29 is 30.9 Å². The predicted octanol–water partition coefficient (Wildman–Crippen LogP) is 5.23. The molecule has 8 heteroatoms. The van der Waals surface area contributed by atoms with Gasteiger partial charge in [-0.15, -0.1) is 0 Å². The summed E-state index contributed by atoms with van der Waals surface area (Å²) in [5.41, 5.74) is -4.05. The van der Waals surface area contributed by atoms with Crippen LogP contribution in [-0.2, 0) is 10.1 Å². The summed E-state index contributed by atoms with van der Waals surface area (Å²) in [6, 6.07) is 18.0. The van der Waals surface area contributed by atoms with Gasteiger partial charge >= 0.3 is 18.0 Å². The Balaban J connectivity index is 1.95. The van der Waals surface area contributed by atoms with E-state index in [-0.39, 0.29) is 5.30 Å². The number of fused-ring (bicyclic) bond motifs is 7. The summed E-state index contributed by atoms with van der Waals surface area (Å²) >= 11 is 0. The first-order valence-corrected chi connectivity index (χ1v) is 10.4. The lowest BCUT2D eigenvalue weighted by molar-refractivity contribution is -0.361. The van der Waals surface area contributed by atoms with Gasteiger partial charge in [0.15, 0.2) is 0 Å². The quantitative estimate of drug-likeness (QED) is 0.354. The predicted molar refractivity (Wildman–Crippen MR) is 99.0 cm³/mol. The van der Waals surface area contributed by atoms with Gasteiger partial charge in [-0.3, -0.25) is 0 Å². The first-order valence-electron chi connectivity index (χ1n) is 8.67. The van der Waals surface area contributed by atoms with Crippen molar-refractivity contribution in [1.29, 1.82) is 0 Å². The minimum atomic E-state index is -5.68. The topological polar surface area (TPSA) is 9.23 Å². The van der Waals surface area contributed by atoms with Crippen molar-refractivity contribution in [1.82, 2.24) is 0 Å². The van der Waals surface area contributed by atoms with E-state index in [1.165, 1.54) is 18.2 Å². The van der Waals surface area contributed by atoms with Gasteiger partial charge in [0.05, 0.1) is 5.56 Å². The monoisotopic (exact) mass is 425 g/mol. The molecule has 0 N–H and O–H groups in total. The maximum Gasteiger partial charge on any atom is 0.435 e. The fourth-order valence-corrected chi connectivity index (χ4v) is 8.68. The summed E-state index contributed by atoms with van der Waals surface area (Å²) in [5.74, 6) is 0. The Morgan fingerprint density at radius 1 is 0.586 bits per heavy atom. The lowest BCUT2D eigenvalue weighted by atomic mass is 9.92. The Labute approximate surface area is 162 Å². The van der Waals surface area contributed by atoms with E-state index in [1.807, 2.05) is 0 Å². The van der Waals surface area contributed by atoms with Crippen LogP contribution in [0.5, 0.6) is 0 Å². The van der Waals surface area contributed by atoms with Gasteiger partial charge in [0.2, 0.25) is 7.49 Å². The Bertz CT molecular complexity index is 1070. The van der Waals surface area contributed by atoms with Crippen molar-refractivity contribution >= 4 is 23.4 Å². The lowest BCUT2D eigenvalue weighted by Gasteiger charge is -2.32. The van der Waals surface area contributed by atoms with Crippen molar-refractivity contribution in [3.63, 3.8) is 0 Å². The Kier molecular flexibility index (Phi) is 3.61. The molecule has 0 fully saturated rings. The van der Waals surface area contributed by atoms with E-state index in [1.54, 1.807) is 48.5 Å². The Morgan fingerprint density at radius 3 is 1.48 bits per heavy atom. The van der Waals surface area contributed by atoms with Crippen LogP contribution in [0.2, 0.25) is 0 Å². The maximum atomic E-state index is 14.2. The van der Waals surface area contributed by atoms with Gasteiger partial charge in [-0.2, -0.15) is 30.9 Å². The van der Waals surface area contributed by atoms with Gasteiger partial charge in [0.25, 0.3) is 0 Å². The number of halogens is 6. The van der Waals surface area contributed by atoms with E-state index in [0.29, 0.717) is 21.7 Å². The molecule has 0 aliphatic carbocycles. The molecule has 3 aromatic carbocycles. The smallest absolute Gasteiger partial charge is 0.191 e. The molecular formula is C21H12F6OP+. The molecule has 2 aliphatic heterocycles. The van der Waals surface area contributed by atoms with Crippen molar-refractivity contribution in [2.24, 2.45) is 0 Å². The average Bonchev–Trinajstić information content (AvgIpc) is 3.15. The van der Waals surface area contributed by atoms with Gasteiger partial charge < -0.3 is 0 Å². The van der Waals surface area contributed by atoms with Gasteiger partial charge in [-0.05, 0) is 18.2 Å². The molecule has 1 spiro atoms. The van der Waals surface area contributed by atoms with Gasteiger partial charge in [-0.25, -0.2) is 0 Å². The normalized spacial score (nSPS) is 18.4. The summed E-state index contributed by atoms with van der Waals surface area (Å²) in [7, 11) is -3.62. The zero-order valence-corrected chi connectivity index (χ0v) is 15.4. The van der Waals surface area contributed by atoms with Crippen LogP contribution in [-0.4, -0.2) is 12.4 Å². The molecule has 2 aliphatic rings. The largest absolute Gasteiger partial charge is 0.435 e. The highest BCUT2D eigenvalue weighted by molar-refractivity contribution is 7.93. The molecule has 29 heavy (non-hydrogen) atoms. The van der Waals surface area contributed by atoms with Crippen molar-refractivity contribution in [2.75, 3.05) is 0 Å². The second-order valence-corrected chi connectivity index (χ2v) is 9.78. The van der Waals surface area contributed by atoms with Crippen LogP contribution in [0.1, 0.15) is 5.56 Å². The lowest BCUT2D eigenvalue weighted by Crippen LogP contribution is -2.54. The van der Waals surface area contributed by atoms with Gasteiger partial charge in [-0.1, -0.05) is 54.6 Å². The third kappa shape index (κ3) is 2.10. The summed E-state index contributed by atoms with van der Waals surface area (Å²) in [6.45, 7) is 0. The molecule has 1 nitrogen and oxygen atoms in total. The minimum absolute atomic E-state index is 0.0351. The van der Waals surface area contributed by atoms with Crippen LogP contribution in [0, 0.1) is 0 Å². The van der Waals surface area contributed by atoms with Crippen LogP contribution in [0.25, 0.3) is 11.1 Å². The first-order chi connectivity index (χ1) is 13.6. The zero-order chi connectivity index (χ0) is 20.7. The number of hydrogen-bond acceptors (Lipinski definition) is 1. The average molecular weight is 425 g/mol. The molecule has 0 saturated heterocycles. The van der Waals surface area contributed by atoms with Crippen LogP contribution in [0.15, 0.2) is 72.8 Å². The first kappa shape index (κ1) is 18.6. The third-order valence-corrected chi connectivity index (χ3v) is 9.22. The van der Waals surface area contributed by atoms with E-state index in [2.05, 4.69) is 0 Å². The Hall–Kier alpha value is -2.37. The molecule has 0 amide bonds. The van der Waals surface area contributed by atoms with Crippen LogP contribution >= 0.6 is 7.49 Å².